The smallest absolute Gasteiger partial charge is 0.0451 e. The molecule has 1 aliphatic rings. The molecule has 1 aromatic carbocycles. The van der Waals surface area contributed by atoms with Gasteiger partial charge < -0.3 is 14.9 Å². The van der Waals surface area contributed by atoms with Crippen LogP contribution in [0.5, 0.6) is 0 Å². The second-order valence-electron chi connectivity index (χ2n) is 5.27. The molecule has 18 heavy (non-hydrogen) atoms. The minimum atomic E-state index is 0.260. The summed E-state index contributed by atoms with van der Waals surface area (Å²) in [5, 5.41) is 9.28. The molecular weight excluding hydrogens is 224 g/mol. The number of hydrogen-bond donors (Lipinski definition) is 1. The lowest BCUT2D eigenvalue weighted by Crippen LogP contribution is -2.41. The van der Waals surface area contributed by atoms with E-state index in [1.165, 1.54) is 12.1 Å². The van der Waals surface area contributed by atoms with Gasteiger partial charge in [-0.15, -0.1) is 0 Å². The molecule has 3 nitrogen and oxygen atoms in total. The van der Waals surface area contributed by atoms with Crippen molar-refractivity contribution in [2.75, 3.05) is 31.6 Å². The van der Waals surface area contributed by atoms with Crippen LogP contribution in [-0.2, 0) is 0 Å². The minimum Gasteiger partial charge on any atom is -0.396 e. The summed E-state index contributed by atoms with van der Waals surface area (Å²) in [7, 11) is 2.18. The second kappa shape index (κ2) is 6.21. The zero-order valence-corrected chi connectivity index (χ0v) is 11.4. The largest absolute Gasteiger partial charge is 0.396 e. The number of likely N-dealkylation sites (N-methyl/N-ethyl adjacent to an activating group) is 1. The Morgan fingerprint density at radius 1 is 1.28 bits per heavy atom. The lowest BCUT2D eigenvalue weighted by atomic mass is 10.1. The molecule has 1 aromatic rings. The van der Waals surface area contributed by atoms with Crippen LogP contribution in [0, 0.1) is 0 Å². The highest BCUT2D eigenvalue weighted by Crippen LogP contribution is 2.23. The van der Waals surface area contributed by atoms with Gasteiger partial charge in [-0.05, 0) is 38.9 Å². The summed E-state index contributed by atoms with van der Waals surface area (Å²) in [6, 6.07) is 11.6. The van der Waals surface area contributed by atoms with Gasteiger partial charge in [-0.1, -0.05) is 18.2 Å². The summed E-state index contributed by atoms with van der Waals surface area (Å²) in [6.45, 7) is 4.64. The fourth-order valence-electron chi connectivity index (χ4n) is 2.70. The van der Waals surface area contributed by atoms with Gasteiger partial charge in [-0.25, -0.2) is 0 Å². The third-order valence-corrected chi connectivity index (χ3v) is 4.03. The van der Waals surface area contributed by atoms with Gasteiger partial charge in [0, 0.05) is 37.5 Å². The molecule has 1 heterocycles. The average molecular weight is 248 g/mol. The molecule has 1 fully saturated rings. The number of nitrogens with zero attached hydrogens (tertiary/aromatic N) is 2. The molecule has 0 spiro atoms. The molecule has 2 atom stereocenters. The van der Waals surface area contributed by atoms with Gasteiger partial charge in [-0.3, -0.25) is 0 Å². The maximum atomic E-state index is 9.28. The molecule has 1 N–H and O–H groups in total. The van der Waals surface area contributed by atoms with E-state index in [2.05, 4.69) is 54.1 Å². The first-order valence-corrected chi connectivity index (χ1v) is 6.85. The monoisotopic (exact) mass is 248 g/mol. The first kappa shape index (κ1) is 13.4. The number of benzene rings is 1. The molecule has 100 valence electrons. The normalized spacial score (nSPS) is 26.1. The standard InChI is InChI=1S/C15H24N2O/c1-13-8-10-17(14-6-4-3-5-7-14)15(9-11-18)12-16(13)2/h3-7,13,15,18H,8-12H2,1-2H3. The number of aliphatic hydroxyl groups excluding tert-OH is 1. The van der Waals surface area contributed by atoms with Crippen LogP contribution in [0.4, 0.5) is 5.69 Å². The van der Waals surface area contributed by atoms with Crippen LogP contribution in [0.1, 0.15) is 19.8 Å². The van der Waals surface area contributed by atoms with E-state index < -0.39 is 0 Å². The van der Waals surface area contributed by atoms with E-state index >= 15 is 0 Å². The van der Waals surface area contributed by atoms with Crippen molar-refractivity contribution in [3.8, 4) is 0 Å². The Kier molecular flexibility index (Phi) is 4.61. The summed E-state index contributed by atoms with van der Waals surface area (Å²) < 4.78 is 0. The number of aliphatic hydroxyl groups is 1. The average Bonchev–Trinajstić information content (AvgIpc) is 2.52. The molecular formula is C15H24N2O. The van der Waals surface area contributed by atoms with Crippen molar-refractivity contribution in [1.29, 1.82) is 0 Å². The molecule has 0 bridgehead atoms. The summed E-state index contributed by atoms with van der Waals surface area (Å²) in [5.41, 5.74) is 1.28. The predicted octanol–water partition coefficient (Wildman–Crippen LogP) is 1.97. The SMILES string of the molecule is CC1CCN(c2ccccc2)C(CCO)CN1C. The maximum absolute atomic E-state index is 9.28. The van der Waals surface area contributed by atoms with E-state index in [9.17, 15) is 5.11 Å². The van der Waals surface area contributed by atoms with Gasteiger partial charge in [0.2, 0.25) is 0 Å². The van der Waals surface area contributed by atoms with Crippen molar-refractivity contribution in [2.24, 2.45) is 0 Å². The van der Waals surface area contributed by atoms with Crippen LogP contribution in [-0.4, -0.2) is 48.8 Å². The molecule has 1 saturated heterocycles. The Hall–Kier alpha value is -1.06. The van der Waals surface area contributed by atoms with Crippen LogP contribution in [0.25, 0.3) is 0 Å². The second-order valence-corrected chi connectivity index (χ2v) is 5.27. The zero-order chi connectivity index (χ0) is 13.0. The van der Waals surface area contributed by atoms with Crippen molar-refractivity contribution < 1.29 is 5.11 Å². The first-order valence-electron chi connectivity index (χ1n) is 6.85. The lowest BCUT2D eigenvalue weighted by Gasteiger charge is -2.32. The van der Waals surface area contributed by atoms with Crippen molar-refractivity contribution in [1.82, 2.24) is 4.90 Å². The van der Waals surface area contributed by atoms with Gasteiger partial charge in [0.05, 0.1) is 0 Å². The zero-order valence-electron chi connectivity index (χ0n) is 11.4. The fourth-order valence-corrected chi connectivity index (χ4v) is 2.70. The van der Waals surface area contributed by atoms with Crippen LogP contribution in [0.2, 0.25) is 0 Å². The van der Waals surface area contributed by atoms with E-state index in [0.717, 1.165) is 19.5 Å². The summed E-state index contributed by atoms with van der Waals surface area (Å²) >= 11 is 0. The highest BCUT2D eigenvalue weighted by Gasteiger charge is 2.26. The Balaban J connectivity index is 2.19. The topological polar surface area (TPSA) is 26.7 Å². The van der Waals surface area contributed by atoms with E-state index in [4.69, 9.17) is 0 Å². The Labute approximate surface area is 110 Å². The van der Waals surface area contributed by atoms with Crippen LogP contribution >= 0.6 is 0 Å². The highest BCUT2D eigenvalue weighted by molar-refractivity contribution is 5.47. The molecule has 0 amide bonds. The maximum Gasteiger partial charge on any atom is 0.0451 e. The predicted molar refractivity (Wildman–Crippen MR) is 76.0 cm³/mol. The highest BCUT2D eigenvalue weighted by atomic mass is 16.3. The van der Waals surface area contributed by atoms with E-state index in [1.54, 1.807) is 0 Å². The van der Waals surface area contributed by atoms with Crippen LogP contribution in [0.3, 0.4) is 0 Å². The van der Waals surface area contributed by atoms with Crippen molar-refractivity contribution in [3.05, 3.63) is 30.3 Å². The fraction of sp³-hybridized carbons (Fsp3) is 0.600. The molecule has 2 unspecified atom stereocenters. The molecule has 0 aromatic heterocycles. The Morgan fingerprint density at radius 2 is 2.00 bits per heavy atom. The van der Waals surface area contributed by atoms with Gasteiger partial charge >= 0.3 is 0 Å². The molecule has 0 aliphatic carbocycles. The Bertz CT molecular complexity index is 355. The molecule has 2 rings (SSSR count). The van der Waals surface area contributed by atoms with E-state index in [1.807, 2.05) is 0 Å². The lowest BCUT2D eigenvalue weighted by molar-refractivity contribution is 0.227. The molecule has 0 saturated carbocycles. The number of anilines is 1. The minimum absolute atomic E-state index is 0.260. The quantitative estimate of drug-likeness (QED) is 0.886. The van der Waals surface area contributed by atoms with Crippen molar-refractivity contribution in [3.63, 3.8) is 0 Å². The van der Waals surface area contributed by atoms with E-state index in [-0.39, 0.29) is 6.61 Å². The summed E-state index contributed by atoms with van der Waals surface area (Å²) in [6.07, 6.45) is 2.01. The first-order chi connectivity index (χ1) is 8.72. The third kappa shape index (κ3) is 3.03. The molecule has 1 aliphatic heterocycles. The summed E-state index contributed by atoms with van der Waals surface area (Å²) in [4.78, 5) is 4.86. The number of hydrogen-bond acceptors (Lipinski definition) is 3. The van der Waals surface area contributed by atoms with Gasteiger partial charge in [0.15, 0.2) is 0 Å². The molecule has 0 radical (unpaired) electrons. The van der Waals surface area contributed by atoms with E-state index in [0.29, 0.717) is 12.1 Å². The van der Waals surface area contributed by atoms with Crippen LogP contribution < -0.4 is 4.90 Å². The van der Waals surface area contributed by atoms with Gasteiger partial charge in [0.25, 0.3) is 0 Å². The number of para-hydroxylation sites is 1. The third-order valence-electron chi connectivity index (χ3n) is 4.03. The number of rotatable bonds is 3. The Morgan fingerprint density at radius 3 is 2.67 bits per heavy atom. The molecule has 3 heteroatoms. The van der Waals surface area contributed by atoms with Gasteiger partial charge in [-0.2, -0.15) is 0 Å². The van der Waals surface area contributed by atoms with Crippen LogP contribution in [0.15, 0.2) is 30.3 Å². The van der Waals surface area contributed by atoms with Crippen molar-refractivity contribution in [2.45, 2.75) is 31.8 Å². The van der Waals surface area contributed by atoms with Gasteiger partial charge in [0.1, 0.15) is 0 Å². The summed E-state index contributed by atoms with van der Waals surface area (Å²) in [5.74, 6) is 0. The van der Waals surface area contributed by atoms with Crippen molar-refractivity contribution >= 4 is 5.69 Å².